The Morgan fingerprint density at radius 2 is 2.00 bits per heavy atom. The molecule has 2 aromatic heterocycles. The van der Waals surface area contributed by atoms with Crippen LogP contribution in [0.4, 0.5) is 13.2 Å². The zero-order valence-corrected chi connectivity index (χ0v) is 11.4. The molecule has 0 aliphatic heterocycles. The predicted molar refractivity (Wildman–Crippen MR) is 69.3 cm³/mol. The molecular formula is C12H14F3N5O. The molecule has 2 aromatic rings. The summed E-state index contributed by atoms with van der Waals surface area (Å²) in [5.74, 6) is 0. The Morgan fingerprint density at radius 3 is 2.48 bits per heavy atom. The Kier molecular flexibility index (Phi) is 3.62. The Labute approximate surface area is 117 Å². The Hall–Kier alpha value is -2.16. The second-order valence-corrected chi connectivity index (χ2v) is 5.37. The van der Waals surface area contributed by atoms with Crippen molar-refractivity contribution in [2.24, 2.45) is 5.73 Å². The van der Waals surface area contributed by atoms with Crippen molar-refractivity contribution in [2.45, 2.75) is 32.1 Å². The molecular weight excluding hydrogens is 287 g/mol. The van der Waals surface area contributed by atoms with Gasteiger partial charge in [0.1, 0.15) is 5.69 Å². The highest BCUT2D eigenvalue weighted by molar-refractivity contribution is 5.54. The van der Waals surface area contributed by atoms with Gasteiger partial charge in [-0.3, -0.25) is 9.48 Å². The Balaban J connectivity index is 2.54. The number of alkyl halides is 3. The van der Waals surface area contributed by atoms with Crippen LogP contribution in [0, 0.1) is 0 Å². The van der Waals surface area contributed by atoms with E-state index in [0.29, 0.717) is 0 Å². The van der Waals surface area contributed by atoms with Crippen LogP contribution in [0.15, 0.2) is 23.0 Å². The fourth-order valence-electron chi connectivity index (χ4n) is 1.76. The van der Waals surface area contributed by atoms with Crippen molar-refractivity contribution in [3.05, 3.63) is 34.2 Å². The quantitative estimate of drug-likeness (QED) is 0.896. The Morgan fingerprint density at radius 1 is 1.33 bits per heavy atom. The maximum absolute atomic E-state index is 12.8. The number of halogens is 3. The minimum absolute atomic E-state index is 0.0687. The van der Waals surface area contributed by atoms with E-state index in [2.05, 4.69) is 15.3 Å². The van der Waals surface area contributed by atoms with E-state index in [0.717, 1.165) is 10.7 Å². The maximum atomic E-state index is 12.8. The van der Waals surface area contributed by atoms with Crippen molar-refractivity contribution in [1.82, 2.24) is 20.0 Å². The number of aromatic amines is 1. The first-order valence-electron chi connectivity index (χ1n) is 6.06. The average molecular weight is 301 g/mol. The van der Waals surface area contributed by atoms with Crippen LogP contribution >= 0.6 is 0 Å². The van der Waals surface area contributed by atoms with Crippen molar-refractivity contribution in [3.8, 4) is 11.4 Å². The van der Waals surface area contributed by atoms with Crippen molar-refractivity contribution >= 4 is 0 Å². The van der Waals surface area contributed by atoms with E-state index in [1.807, 2.05) is 0 Å². The number of hydrogen-bond acceptors (Lipinski definition) is 4. The smallest absolute Gasteiger partial charge is 0.324 e. The van der Waals surface area contributed by atoms with Crippen molar-refractivity contribution in [3.63, 3.8) is 0 Å². The van der Waals surface area contributed by atoms with Crippen molar-refractivity contribution in [2.75, 3.05) is 0 Å². The predicted octanol–water partition coefficient (Wildman–Crippen LogP) is 1.39. The van der Waals surface area contributed by atoms with Gasteiger partial charge in [-0.2, -0.15) is 23.4 Å². The first kappa shape index (κ1) is 15.2. The van der Waals surface area contributed by atoms with Gasteiger partial charge in [-0.1, -0.05) is 0 Å². The van der Waals surface area contributed by atoms with Crippen LogP contribution in [0.5, 0.6) is 0 Å². The SMILES string of the molecule is CC(C)(N)Cn1nc(C(F)(F)F)cc1-c1ccc(=O)[nH]n1. The molecule has 0 saturated carbocycles. The summed E-state index contributed by atoms with van der Waals surface area (Å²) in [5, 5.41) is 9.45. The fraction of sp³-hybridized carbons (Fsp3) is 0.417. The summed E-state index contributed by atoms with van der Waals surface area (Å²) in [4.78, 5) is 11.0. The van der Waals surface area contributed by atoms with Crippen LogP contribution in [-0.2, 0) is 12.7 Å². The van der Waals surface area contributed by atoms with E-state index in [1.54, 1.807) is 13.8 Å². The molecule has 0 fully saturated rings. The molecule has 0 saturated heterocycles. The van der Waals surface area contributed by atoms with Gasteiger partial charge in [0.25, 0.3) is 5.56 Å². The normalized spacial score (nSPS) is 12.7. The zero-order valence-electron chi connectivity index (χ0n) is 11.4. The zero-order chi connectivity index (χ0) is 15.8. The van der Waals surface area contributed by atoms with Gasteiger partial charge in [0.05, 0.1) is 12.2 Å². The lowest BCUT2D eigenvalue weighted by Gasteiger charge is -2.19. The third-order valence-electron chi connectivity index (χ3n) is 2.57. The lowest BCUT2D eigenvalue weighted by molar-refractivity contribution is -0.141. The third-order valence-corrected chi connectivity index (χ3v) is 2.57. The molecule has 6 nitrogen and oxygen atoms in total. The lowest BCUT2D eigenvalue weighted by Crippen LogP contribution is -2.37. The molecule has 3 N–H and O–H groups in total. The van der Waals surface area contributed by atoms with Crippen LogP contribution < -0.4 is 11.3 Å². The molecule has 0 bridgehead atoms. The first-order chi connectivity index (χ1) is 9.56. The molecule has 2 heterocycles. The van der Waals surface area contributed by atoms with E-state index >= 15 is 0 Å². The number of hydrogen-bond donors (Lipinski definition) is 2. The van der Waals surface area contributed by atoms with Crippen LogP contribution in [0.2, 0.25) is 0 Å². The van der Waals surface area contributed by atoms with Crippen LogP contribution in [-0.4, -0.2) is 25.5 Å². The van der Waals surface area contributed by atoms with Gasteiger partial charge < -0.3 is 5.73 Å². The number of aromatic nitrogens is 4. The highest BCUT2D eigenvalue weighted by Crippen LogP contribution is 2.31. The minimum Gasteiger partial charge on any atom is -0.324 e. The number of rotatable bonds is 3. The second-order valence-electron chi connectivity index (χ2n) is 5.37. The summed E-state index contributed by atoms with van der Waals surface area (Å²) in [7, 11) is 0. The van der Waals surface area contributed by atoms with E-state index < -0.39 is 23.0 Å². The highest BCUT2D eigenvalue weighted by atomic mass is 19.4. The molecule has 0 aliphatic carbocycles. The van der Waals surface area contributed by atoms with Crippen LogP contribution in [0.1, 0.15) is 19.5 Å². The van der Waals surface area contributed by atoms with Crippen LogP contribution in [0.3, 0.4) is 0 Å². The molecule has 0 aromatic carbocycles. The number of nitrogens with two attached hydrogens (primary N) is 1. The van der Waals surface area contributed by atoms with Gasteiger partial charge in [0.2, 0.25) is 0 Å². The monoisotopic (exact) mass is 301 g/mol. The van der Waals surface area contributed by atoms with E-state index in [9.17, 15) is 18.0 Å². The maximum Gasteiger partial charge on any atom is 0.435 e. The van der Waals surface area contributed by atoms with Crippen LogP contribution in [0.25, 0.3) is 11.4 Å². The molecule has 114 valence electrons. The van der Waals surface area contributed by atoms with Gasteiger partial charge in [0, 0.05) is 11.6 Å². The standard InChI is InChI=1S/C12H14F3N5O/c1-11(2,16)6-20-8(5-9(19-20)12(13,14)15)7-3-4-10(21)18-17-7/h3-5H,6,16H2,1-2H3,(H,18,21). The molecule has 0 spiro atoms. The summed E-state index contributed by atoms with van der Waals surface area (Å²) >= 11 is 0. The highest BCUT2D eigenvalue weighted by Gasteiger charge is 2.35. The second kappa shape index (κ2) is 4.99. The van der Waals surface area contributed by atoms with Gasteiger partial charge in [-0.25, -0.2) is 5.10 Å². The summed E-state index contributed by atoms with van der Waals surface area (Å²) in [5.41, 5.74) is 3.92. The average Bonchev–Trinajstić information content (AvgIpc) is 2.71. The molecule has 21 heavy (non-hydrogen) atoms. The number of nitrogens with one attached hydrogen (secondary N) is 1. The summed E-state index contributed by atoms with van der Waals surface area (Å²) in [6.45, 7) is 3.41. The van der Waals surface area contributed by atoms with Gasteiger partial charge in [-0.15, -0.1) is 0 Å². The number of nitrogens with zero attached hydrogens (tertiary/aromatic N) is 3. The van der Waals surface area contributed by atoms with Crippen molar-refractivity contribution in [1.29, 1.82) is 0 Å². The molecule has 0 atom stereocenters. The van der Waals surface area contributed by atoms with Gasteiger partial charge in [-0.05, 0) is 26.0 Å². The van der Waals surface area contributed by atoms with Gasteiger partial charge in [0.15, 0.2) is 5.69 Å². The van der Waals surface area contributed by atoms with E-state index in [-0.39, 0.29) is 17.9 Å². The fourth-order valence-corrected chi connectivity index (χ4v) is 1.76. The summed E-state index contributed by atoms with van der Waals surface area (Å²) in [6, 6.07) is 3.39. The van der Waals surface area contributed by atoms with Crippen molar-refractivity contribution < 1.29 is 13.2 Å². The molecule has 0 unspecified atom stereocenters. The minimum atomic E-state index is -4.57. The molecule has 9 heteroatoms. The summed E-state index contributed by atoms with van der Waals surface area (Å²) < 4.78 is 39.6. The van der Waals surface area contributed by atoms with E-state index in [1.165, 1.54) is 12.1 Å². The Bertz CT molecular complexity index is 676. The molecule has 2 rings (SSSR count). The topological polar surface area (TPSA) is 89.6 Å². The molecule has 0 radical (unpaired) electrons. The van der Waals surface area contributed by atoms with E-state index in [4.69, 9.17) is 5.73 Å². The lowest BCUT2D eigenvalue weighted by atomic mass is 10.1. The molecule has 0 amide bonds. The van der Waals surface area contributed by atoms with Gasteiger partial charge >= 0.3 is 6.18 Å². The third kappa shape index (κ3) is 3.69. The number of H-pyrrole nitrogens is 1. The summed E-state index contributed by atoms with van der Waals surface area (Å²) in [6.07, 6.45) is -4.57. The first-order valence-corrected chi connectivity index (χ1v) is 6.06. The molecule has 0 aliphatic rings. The largest absolute Gasteiger partial charge is 0.435 e.